The molecule has 0 aliphatic heterocycles. The maximum Gasteiger partial charge on any atom is 0.271 e. The average molecular weight is 207 g/mol. The number of hydrogen-bond donors (Lipinski definition) is 3. The molecule has 2 rings (SSSR count). The Morgan fingerprint density at radius 2 is 2.33 bits per heavy atom. The van der Waals surface area contributed by atoms with Gasteiger partial charge >= 0.3 is 0 Å². The fraction of sp³-hybridized carbons (Fsp3) is 0.444. The largest absolute Gasteiger partial charge is 0.350 e. The molecule has 1 fully saturated rings. The zero-order valence-electron chi connectivity index (χ0n) is 8.23. The molecule has 0 spiro atoms. The summed E-state index contributed by atoms with van der Waals surface area (Å²) < 4.78 is 0. The predicted octanol–water partition coefficient (Wildman–Crippen LogP) is -0.0980. The van der Waals surface area contributed by atoms with Gasteiger partial charge in [-0.05, 0) is 18.8 Å². The lowest BCUT2D eigenvalue weighted by Crippen LogP contribution is -2.27. The number of nitrogens with one attached hydrogen (secondary N) is 2. The van der Waals surface area contributed by atoms with Crippen molar-refractivity contribution < 1.29 is 4.79 Å². The summed E-state index contributed by atoms with van der Waals surface area (Å²) in [5, 5.41) is 2.80. The molecule has 0 radical (unpaired) electrons. The molecular formula is C9H13N5O. The van der Waals surface area contributed by atoms with Crippen LogP contribution in [0.5, 0.6) is 0 Å². The van der Waals surface area contributed by atoms with Crippen LogP contribution in [0, 0.1) is 5.92 Å². The Kier molecular flexibility index (Phi) is 2.77. The number of carbonyl (C=O) groups is 1. The first-order valence-electron chi connectivity index (χ1n) is 4.86. The van der Waals surface area contributed by atoms with Gasteiger partial charge in [0.2, 0.25) is 0 Å². The number of rotatable bonds is 4. The molecule has 6 heteroatoms. The molecule has 0 saturated heterocycles. The fourth-order valence-electron chi connectivity index (χ4n) is 1.19. The van der Waals surface area contributed by atoms with Crippen LogP contribution >= 0.6 is 0 Å². The van der Waals surface area contributed by atoms with Crippen LogP contribution in [0.15, 0.2) is 12.4 Å². The molecular weight excluding hydrogens is 194 g/mol. The molecule has 1 amide bonds. The van der Waals surface area contributed by atoms with Crippen LogP contribution in [0.1, 0.15) is 23.3 Å². The first-order valence-corrected chi connectivity index (χ1v) is 4.86. The zero-order valence-corrected chi connectivity index (χ0v) is 8.23. The van der Waals surface area contributed by atoms with Crippen molar-refractivity contribution in [1.29, 1.82) is 0 Å². The second-order valence-corrected chi connectivity index (χ2v) is 3.59. The maximum atomic E-state index is 11.6. The number of hydrogen-bond acceptors (Lipinski definition) is 5. The van der Waals surface area contributed by atoms with Gasteiger partial charge in [-0.2, -0.15) is 0 Å². The van der Waals surface area contributed by atoms with E-state index in [4.69, 9.17) is 5.84 Å². The first kappa shape index (κ1) is 9.85. The first-order chi connectivity index (χ1) is 7.29. The van der Waals surface area contributed by atoms with Crippen LogP contribution in [0.2, 0.25) is 0 Å². The van der Waals surface area contributed by atoms with E-state index in [-0.39, 0.29) is 11.6 Å². The molecule has 1 aliphatic rings. The quantitative estimate of drug-likeness (QED) is 0.473. The predicted molar refractivity (Wildman–Crippen MR) is 54.9 cm³/mol. The summed E-state index contributed by atoms with van der Waals surface area (Å²) in [5.74, 6) is 6.00. The summed E-state index contributed by atoms with van der Waals surface area (Å²) in [6, 6.07) is 0. The molecule has 15 heavy (non-hydrogen) atoms. The van der Waals surface area contributed by atoms with E-state index < -0.39 is 0 Å². The Hall–Kier alpha value is -1.69. The van der Waals surface area contributed by atoms with Crippen LogP contribution in [0.25, 0.3) is 0 Å². The summed E-state index contributed by atoms with van der Waals surface area (Å²) in [7, 11) is 0. The zero-order chi connectivity index (χ0) is 10.7. The minimum Gasteiger partial charge on any atom is -0.350 e. The smallest absolute Gasteiger partial charge is 0.271 e. The third-order valence-electron chi connectivity index (χ3n) is 2.26. The summed E-state index contributed by atoms with van der Waals surface area (Å²) in [4.78, 5) is 19.4. The van der Waals surface area contributed by atoms with Gasteiger partial charge in [0.15, 0.2) is 5.82 Å². The van der Waals surface area contributed by atoms with Gasteiger partial charge in [0, 0.05) is 6.54 Å². The van der Waals surface area contributed by atoms with Gasteiger partial charge in [-0.1, -0.05) is 0 Å². The summed E-state index contributed by atoms with van der Waals surface area (Å²) >= 11 is 0. The van der Waals surface area contributed by atoms with Crippen LogP contribution in [0.3, 0.4) is 0 Å². The molecule has 1 aromatic heterocycles. The van der Waals surface area contributed by atoms with E-state index in [2.05, 4.69) is 20.7 Å². The van der Waals surface area contributed by atoms with E-state index >= 15 is 0 Å². The number of amides is 1. The molecule has 1 aromatic rings. The third-order valence-corrected chi connectivity index (χ3v) is 2.26. The van der Waals surface area contributed by atoms with Crippen molar-refractivity contribution in [3.05, 3.63) is 18.1 Å². The Morgan fingerprint density at radius 3 is 3.00 bits per heavy atom. The minimum absolute atomic E-state index is 0.202. The van der Waals surface area contributed by atoms with Gasteiger partial charge in [-0.25, -0.2) is 10.8 Å². The third kappa shape index (κ3) is 2.63. The molecule has 80 valence electrons. The molecule has 4 N–H and O–H groups in total. The highest BCUT2D eigenvalue weighted by molar-refractivity contribution is 5.92. The Bertz CT molecular complexity index is 363. The summed E-state index contributed by atoms with van der Waals surface area (Å²) in [6.45, 7) is 0.723. The van der Waals surface area contributed by atoms with Crippen molar-refractivity contribution in [2.45, 2.75) is 12.8 Å². The standard InChI is InChI=1S/C9H13N5O/c10-14-8-5-11-4-7(13-8)9(15)12-3-6-1-2-6/h4-6H,1-3,10H2,(H,12,15)(H,13,14). The van der Waals surface area contributed by atoms with Crippen LogP contribution in [0.4, 0.5) is 5.82 Å². The second-order valence-electron chi connectivity index (χ2n) is 3.59. The average Bonchev–Trinajstić information content (AvgIpc) is 3.10. The number of aromatic nitrogens is 2. The van der Waals surface area contributed by atoms with E-state index in [0.717, 1.165) is 6.54 Å². The van der Waals surface area contributed by atoms with Gasteiger partial charge in [0.05, 0.1) is 12.4 Å². The highest BCUT2D eigenvalue weighted by atomic mass is 16.1. The lowest BCUT2D eigenvalue weighted by molar-refractivity contribution is 0.0946. The van der Waals surface area contributed by atoms with Crippen molar-refractivity contribution >= 4 is 11.7 Å². The topological polar surface area (TPSA) is 92.9 Å². The normalized spacial score (nSPS) is 14.7. The summed E-state index contributed by atoms with van der Waals surface area (Å²) in [5.41, 5.74) is 2.63. The molecule has 0 aromatic carbocycles. The maximum absolute atomic E-state index is 11.6. The highest BCUT2D eigenvalue weighted by Gasteiger charge is 2.22. The summed E-state index contributed by atoms with van der Waals surface area (Å²) in [6.07, 6.45) is 5.29. The molecule has 0 atom stereocenters. The van der Waals surface area contributed by atoms with Crippen molar-refractivity contribution in [3.63, 3.8) is 0 Å². The van der Waals surface area contributed by atoms with Crippen LogP contribution in [-0.2, 0) is 0 Å². The lowest BCUT2D eigenvalue weighted by atomic mass is 10.3. The Morgan fingerprint density at radius 1 is 1.53 bits per heavy atom. The number of nitrogens with two attached hydrogens (primary N) is 1. The van der Waals surface area contributed by atoms with Gasteiger partial charge < -0.3 is 10.7 Å². The number of hydrazine groups is 1. The fourth-order valence-corrected chi connectivity index (χ4v) is 1.19. The lowest BCUT2D eigenvalue weighted by Gasteiger charge is -2.04. The number of nitrogen functional groups attached to an aromatic ring is 1. The van der Waals surface area contributed by atoms with Crippen molar-refractivity contribution in [3.8, 4) is 0 Å². The highest BCUT2D eigenvalue weighted by Crippen LogP contribution is 2.27. The van der Waals surface area contributed by atoms with Crippen molar-refractivity contribution in [2.24, 2.45) is 11.8 Å². The van der Waals surface area contributed by atoms with E-state index in [1.807, 2.05) is 0 Å². The van der Waals surface area contributed by atoms with E-state index in [1.165, 1.54) is 25.2 Å². The molecule has 6 nitrogen and oxygen atoms in total. The van der Waals surface area contributed by atoms with Crippen LogP contribution in [-0.4, -0.2) is 22.4 Å². The van der Waals surface area contributed by atoms with Crippen molar-refractivity contribution in [1.82, 2.24) is 15.3 Å². The molecule has 0 bridgehead atoms. The van der Waals surface area contributed by atoms with Gasteiger partial charge in [-0.15, -0.1) is 0 Å². The Balaban J connectivity index is 1.96. The monoisotopic (exact) mass is 207 g/mol. The molecule has 1 heterocycles. The van der Waals surface area contributed by atoms with E-state index in [0.29, 0.717) is 11.7 Å². The van der Waals surface area contributed by atoms with Crippen LogP contribution < -0.4 is 16.6 Å². The van der Waals surface area contributed by atoms with E-state index in [1.54, 1.807) is 0 Å². The number of anilines is 1. The molecule has 1 saturated carbocycles. The Labute approximate surface area is 87.3 Å². The van der Waals surface area contributed by atoms with Gasteiger partial charge in [0.25, 0.3) is 5.91 Å². The second kappa shape index (κ2) is 4.22. The van der Waals surface area contributed by atoms with E-state index in [9.17, 15) is 4.79 Å². The SMILES string of the molecule is NNc1cncc(C(=O)NCC2CC2)n1. The molecule has 1 aliphatic carbocycles. The minimum atomic E-state index is -0.202. The molecule has 0 unspecified atom stereocenters. The number of carbonyl (C=O) groups excluding carboxylic acids is 1. The van der Waals surface area contributed by atoms with Crippen molar-refractivity contribution in [2.75, 3.05) is 12.0 Å². The van der Waals surface area contributed by atoms with Gasteiger partial charge in [-0.3, -0.25) is 9.78 Å². The van der Waals surface area contributed by atoms with Gasteiger partial charge in [0.1, 0.15) is 5.69 Å². The number of nitrogens with zero attached hydrogens (tertiary/aromatic N) is 2.